The molecule has 0 spiro atoms. The van der Waals surface area contributed by atoms with E-state index in [2.05, 4.69) is 27.9 Å². The molecule has 178 valence electrons. The molecule has 0 aromatic heterocycles. The third-order valence-corrected chi connectivity index (χ3v) is 6.46. The third kappa shape index (κ3) is 5.54. The summed E-state index contributed by atoms with van der Waals surface area (Å²) in [6.45, 7) is 2.24. The van der Waals surface area contributed by atoms with Crippen LogP contribution in [-0.4, -0.2) is 24.5 Å². The molecule has 0 atom stereocenters. The van der Waals surface area contributed by atoms with E-state index >= 15 is 0 Å². The zero-order valence-electron chi connectivity index (χ0n) is 18.5. The van der Waals surface area contributed by atoms with Gasteiger partial charge in [-0.25, -0.2) is 14.1 Å². The number of barbiturate groups is 1. The number of halogens is 3. The molecule has 6 nitrogen and oxygen atoms in total. The summed E-state index contributed by atoms with van der Waals surface area (Å²) < 4.78 is 20.3. The topological polar surface area (TPSA) is 75.7 Å². The van der Waals surface area contributed by atoms with Gasteiger partial charge in [-0.15, -0.1) is 0 Å². The average molecular weight is 605 g/mol. The third-order valence-electron chi connectivity index (χ3n) is 5.24. The predicted molar refractivity (Wildman–Crippen MR) is 140 cm³/mol. The van der Waals surface area contributed by atoms with Crippen molar-refractivity contribution < 1.29 is 23.5 Å². The monoisotopic (exact) mass is 604 g/mol. The van der Waals surface area contributed by atoms with E-state index in [0.29, 0.717) is 29.4 Å². The van der Waals surface area contributed by atoms with Crippen LogP contribution in [0.15, 0.2) is 66.2 Å². The molecule has 0 bridgehead atoms. The molecule has 3 aromatic carbocycles. The number of nitrogens with zero attached hydrogens (tertiary/aromatic N) is 1. The first kappa shape index (κ1) is 24.9. The van der Waals surface area contributed by atoms with E-state index in [4.69, 9.17) is 16.3 Å². The standard InChI is InChI=1S/C26H19ClFIN2O4/c1-2-35-23-14-16(13-22(29)20(23)11-15-4-3-5-18(28)10-15)12-21-24(32)30-26(34)31(25(21)33)19-8-6-17(27)7-9-19/h3-10,12-14H,2,11H2,1H3,(H,30,32,34)/b21-12+. The molecule has 0 aliphatic carbocycles. The highest BCUT2D eigenvalue weighted by Gasteiger charge is 2.36. The molecular formula is C26H19ClFIN2O4. The van der Waals surface area contributed by atoms with Crippen LogP contribution < -0.4 is 15.0 Å². The van der Waals surface area contributed by atoms with Crippen molar-refractivity contribution in [3.05, 3.63) is 97.3 Å². The van der Waals surface area contributed by atoms with Crippen molar-refractivity contribution in [2.24, 2.45) is 0 Å². The Hall–Kier alpha value is -3.24. The zero-order chi connectivity index (χ0) is 25.1. The lowest BCUT2D eigenvalue weighted by Gasteiger charge is -2.26. The number of ether oxygens (including phenoxy) is 1. The molecule has 3 aromatic rings. The highest BCUT2D eigenvalue weighted by atomic mass is 127. The molecule has 4 rings (SSSR count). The van der Waals surface area contributed by atoms with Crippen LogP contribution in [-0.2, 0) is 16.0 Å². The van der Waals surface area contributed by atoms with Gasteiger partial charge in [0.1, 0.15) is 17.1 Å². The summed E-state index contributed by atoms with van der Waals surface area (Å²) in [5.41, 5.74) is 2.28. The largest absolute Gasteiger partial charge is 0.494 e. The summed E-state index contributed by atoms with van der Waals surface area (Å²) in [5, 5.41) is 2.65. The second-order valence-corrected chi connectivity index (χ2v) is 9.25. The van der Waals surface area contributed by atoms with Gasteiger partial charge in [0.15, 0.2) is 0 Å². The second-order valence-electron chi connectivity index (χ2n) is 7.65. The summed E-state index contributed by atoms with van der Waals surface area (Å²) >= 11 is 8.05. The quantitative estimate of drug-likeness (QED) is 0.221. The Morgan fingerprint density at radius 1 is 1.09 bits per heavy atom. The van der Waals surface area contributed by atoms with Gasteiger partial charge >= 0.3 is 6.03 Å². The van der Waals surface area contributed by atoms with E-state index in [9.17, 15) is 18.8 Å². The molecule has 1 aliphatic rings. The van der Waals surface area contributed by atoms with Crippen LogP contribution in [0.5, 0.6) is 5.75 Å². The number of carbonyl (C=O) groups is 3. The number of hydrogen-bond donors (Lipinski definition) is 1. The van der Waals surface area contributed by atoms with Gasteiger partial charge in [-0.05, 0) is 95.2 Å². The van der Waals surface area contributed by atoms with Crippen LogP contribution in [0.4, 0.5) is 14.9 Å². The minimum Gasteiger partial charge on any atom is -0.494 e. The van der Waals surface area contributed by atoms with Crippen LogP contribution in [0.1, 0.15) is 23.6 Å². The van der Waals surface area contributed by atoms with Crippen molar-refractivity contribution in [2.75, 3.05) is 11.5 Å². The van der Waals surface area contributed by atoms with Crippen LogP contribution in [0, 0.1) is 9.39 Å². The average Bonchev–Trinajstić information content (AvgIpc) is 2.80. The first-order chi connectivity index (χ1) is 16.8. The molecule has 0 radical (unpaired) electrons. The molecule has 1 heterocycles. The van der Waals surface area contributed by atoms with Gasteiger partial charge in [0, 0.05) is 20.6 Å². The smallest absolute Gasteiger partial charge is 0.335 e. The Morgan fingerprint density at radius 3 is 2.51 bits per heavy atom. The van der Waals surface area contributed by atoms with Gasteiger partial charge in [-0.3, -0.25) is 14.9 Å². The van der Waals surface area contributed by atoms with Crippen molar-refractivity contribution in [3.63, 3.8) is 0 Å². The normalized spacial score (nSPS) is 14.9. The van der Waals surface area contributed by atoms with Gasteiger partial charge in [-0.1, -0.05) is 23.7 Å². The fourth-order valence-corrected chi connectivity index (χ4v) is 4.61. The summed E-state index contributed by atoms with van der Waals surface area (Å²) in [7, 11) is 0. The Labute approximate surface area is 219 Å². The van der Waals surface area contributed by atoms with Crippen LogP contribution >= 0.6 is 34.2 Å². The lowest BCUT2D eigenvalue weighted by atomic mass is 10.0. The number of nitrogens with one attached hydrogen (secondary N) is 1. The SMILES string of the molecule is CCOc1cc(/C=C2\C(=O)NC(=O)N(c3ccc(Cl)cc3)C2=O)cc(I)c1Cc1cccc(F)c1. The van der Waals surface area contributed by atoms with Crippen molar-refractivity contribution in [1.29, 1.82) is 0 Å². The van der Waals surface area contributed by atoms with Crippen molar-refractivity contribution in [3.8, 4) is 5.75 Å². The molecular weight excluding hydrogens is 586 g/mol. The predicted octanol–water partition coefficient (Wildman–Crippen LogP) is 5.74. The molecule has 1 saturated heterocycles. The molecule has 0 saturated carbocycles. The van der Waals surface area contributed by atoms with Gasteiger partial charge in [0.05, 0.1) is 12.3 Å². The number of imide groups is 2. The molecule has 0 unspecified atom stereocenters. The number of amides is 4. The van der Waals surface area contributed by atoms with E-state index in [-0.39, 0.29) is 17.1 Å². The maximum absolute atomic E-state index is 13.7. The minimum atomic E-state index is -0.838. The Balaban J connectivity index is 1.71. The summed E-state index contributed by atoms with van der Waals surface area (Å²) in [5.74, 6) is -1.30. The van der Waals surface area contributed by atoms with Crippen LogP contribution in [0.2, 0.25) is 5.02 Å². The maximum Gasteiger partial charge on any atom is 0.335 e. The maximum atomic E-state index is 13.7. The zero-order valence-corrected chi connectivity index (χ0v) is 21.4. The number of carbonyl (C=O) groups excluding carboxylic acids is 3. The van der Waals surface area contributed by atoms with Crippen LogP contribution in [0.25, 0.3) is 6.08 Å². The van der Waals surface area contributed by atoms with E-state index in [1.165, 1.54) is 30.3 Å². The lowest BCUT2D eigenvalue weighted by molar-refractivity contribution is -0.122. The highest BCUT2D eigenvalue weighted by Crippen LogP contribution is 2.31. The number of benzene rings is 3. The van der Waals surface area contributed by atoms with E-state index in [1.807, 2.05) is 13.0 Å². The number of anilines is 1. The van der Waals surface area contributed by atoms with Gasteiger partial charge in [-0.2, -0.15) is 0 Å². The highest BCUT2D eigenvalue weighted by molar-refractivity contribution is 14.1. The van der Waals surface area contributed by atoms with E-state index < -0.39 is 17.8 Å². The van der Waals surface area contributed by atoms with E-state index in [0.717, 1.165) is 19.6 Å². The number of rotatable bonds is 6. The Kier molecular flexibility index (Phi) is 7.51. The number of hydrogen-bond acceptors (Lipinski definition) is 4. The van der Waals surface area contributed by atoms with Crippen molar-refractivity contribution >= 4 is 63.8 Å². The van der Waals surface area contributed by atoms with Crippen molar-refractivity contribution in [2.45, 2.75) is 13.3 Å². The van der Waals surface area contributed by atoms with E-state index in [1.54, 1.807) is 30.3 Å². The fourth-order valence-electron chi connectivity index (χ4n) is 3.67. The summed E-state index contributed by atoms with van der Waals surface area (Å²) in [6, 6.07) is 15.1. The van der Waals surface area contributed by atoms with Gasteiger partial charge in [0.2, 0.25) is 0 Å². The Morgan fingerprint density at radius 2 is 1.83 bits per heavy atom. The van der Waals surface area contributed by atoms with Crippen LogP contribution in [0.3, 0.4) is 0 Å². The molecule has 1 aliphatic heterocycles. The molecule has 1 N–H and O–H groups in total. The minimum absolute atomic E-state index is 0.198. The van der Waals surface area contributed by atoms with Crippen molar-refractivity contribution in [1.82, 2.24) is 5.32 Å². The number of urea groups is 1. The van der Waals surface area contributed by atoms with Gasteiger partial charge < -0.3 is 4.74 Å². The molecule has 4 amide bonds. The summed E-state index contributed by atoms with van der Waals surface area (Å²) in [6.07, 6.45) is 1.87. The fraction of sp³-hybridized carbons (Fsp3) is 0.115. The summed E-state index contributed by atoms with van der Waals surface area (Å²) in [4.78, 5) is 39.0. The molecule has 35 heavy (non-hydrogen) atoms. The Bertz CT molecular complexity index is 1360. The lowest BCUT2D eigenvalue weighted by Crippen LogP contribution is -2.54. The molecule has 9 heteroatoms. The first-order valence-corrected chi connectivity index (χ1v) is 12.1. The molecule has 1 fully saturated rings. The second kappa shape index (κ2) is 10.6. The first-order valence-electron chi connectivity index (χ1n) is 10.6. The van der Waals surface area contributed by atoms with Gasteiger partial charge in [0.25, 0.3) is 11.8 Å².